The number of rotatable bonds is 22. The van der Waals surface area contributed by atoms with Crippen molar-refractivity contribution in [1.29, 1.82) is 0 Å². The molecule has 8 heterocycles. The lowest BCUT2D eigenvalue weighted by Gasteiger charge is -2.29. The Morgan fingerprint density at radius 1 is 0.397 bits per heavy atom. The predicted octanol–water partition coefficient (Wildman–Crippen LogP) is 13.6. The number of sulfonamides is 4. The SMILES string of the molecule is Cc1cc2c(c(NC(=O)NS(=O)(=O)C3CC3)c1-c1ccnc(OC3CCN(C)CC3)c1)CCC2.Cc1cc2c(c(NC(=O)NS(C)(=O)=O)c1-c1ccnc(OC3CCN(C)CC3)c1C)CCC2.Cc1cc2c(c(NC(=O)NS(C)(=O)=O)c1-c1ccnc(OC3CCOCC3)c1)CCC2.Cc1cc2c(c(NC(=O)NS(C)(=O)=O)c1-c1ccnc(OCC3CCCN(C)C3)c1)CCC2. The van der Waals surface area contributed by atoms with Crippen LogP contribution < -0.4 is 59.1 Å². The maximum absolute atomic E-state index is 12.8. The first-order chi connectivity index (χ1) is 62.4. The summed E-state index contributed by atoms with van der Waals surface area (Å²) in [6, 6.07) is 19.0. The van der Waals surface area contributed by atoms with E-state index < -0.39 is 69.5 Å². The van der Waals surface area contributed by atoms with Gasteiger partial charge in [0.2, 0.25) is 63.6 Å². The highest BCUT2D eigenvalue weighted by Crippen LogP contribution is 2.47. The number of amides is 8. The quantitative estimate of drug-likeness (QED) is 0.0312. The summed E-state index contributed by atoms with van der Waals surface area (Å²) < 4.78 is 132. The van der Waals surface area contributed by atoms with E-state index in [1.165, 1.54) is 28.7 Å². The van der Waals surface area contributed by atoms with Crippen LogP contribution in [0.4, 0.5) is 41.9 Å². The normalized spacial score (nSPS) is 17.8. The summed E-state index contributed by atoms with van der Waals surface area (Å²) in [5.74, 6) is 2.73. The van der Waals surface area contributed by atoms with Crippen molar-refractivity contribution < 1.29 is 76.5 Å². The summed E-state index contributed by atoms with van der Waals surface area (Å²) in [4.78, 5) is 74.8. The molecule has 4 aliphatic heterocycles. The van der Waals surface area contributed by atoms with E-state index in [0.717, 1.165) is 275 Å². The number of likely N-dealkylation sites (tertiary alicyclic amines) is 3. The number of urea groups is 4. The van der Waals surface area contributed by atoms with E-state index in [0.29, 0.717) is 84.8 Å². The molecule has 131 heavy (non-hydrogen) atoms. The average molecular weight is 1880 g/mol. The number of nitrogens with one attached hydrogen (secondary N) is 8. The van der Waals surface area contributed by atoms with E-state index in [-0.39, 0.29) is 18.3 Å². The first-order valence-corrected chi connectivity index (χ1v) is 52.6. The number of carbonyl (C=O) groups is 4. The van der Waals surface area contributed by atoms with Crippen molar-refractivity contribution in [3.63, 3.8) is 0 Å². The summed E-state index contributed by atoms with van der Waals surface area (Å²) in [6.45, 7) is 18.1. The number of pyridine rings is 4. The van der Waals surface area contributed by atoms with Gasteiger partial charge in [0, 0.05) is 122 Å². The van der Waals surface area contributed by atoms with Crippen LogP contribution in [0, 0.1) is 40.5 Å². The molecular formula is C95H123N15O17S4. The molecular weight excluding hydrogens is 1750 g/mol. The molecule has 704 valence electrons. The first-order valence-electron chi connectivity index (χ1n) is 45.3. The Kier molecular flexibility index (Phi) is 31.0. The zero-order valence-corrected chi connectivity index (χ0v) is 79.9. The molecule has 5 fully saturated rings. The van der Waals surface area contributed by atoms with Crippen molar-refractivity contribution in [1.82, 2.24) is 53.5 Å². The van der Waals surface area contributed by atoms with Crippen LogP contribution in [0.15, 0.2) is 91.5 Å². The van der Waals surface area contributed by atoms with E-state index in [4.69, 9.17) is 23.7 Å². The first kappa shape index (κ1) is 96.5. The topological polar surface area (TPSA) is 409 Å². The third kappa shape index (κ3) is 25.6. The minimum atomic E-state index is -3.68. The molecule has 4 aromatic heterocycles. The molecule has 9 aliphatic rings. The van der Waals surface area contributed by atoms with Crippen molar-refractivity contribution in [2.75, 3.05) is 120 Å². The van der Waals surface area contributed by atoms with Gasteiger partial charge in [-0.1, -0.05) is 24.3 Å². The summed E-state index contributed by atoms with van der Waals surface area (Å²) in [7, 11) is -8.28. The number of nitrogens with zero attached hydrogens (tertiary/aromatic N) is 7. The Labute approximate surface area is 769 Å². The number of hydrogen-bond acceptors (Lipinski definition) is 24. The lowest BCUT2D eigenvalue weighted by Crippen LogP contribution is -2.36. The molecule has 0 radical (unpaired) electrons. The number of fused-ring (bicyclic) bond motifs is 4. The molecule has 1 atom stereocenters. The fourth-order valence-electron chi connectivity index (χ4n) is 19.2. The van der Waals surface area contributed by atoms with Crippen molar-refractivity contribution in [2.24, 2.45) is 5.92 Å². The third-order valence-electron chi connectivity index (χ3n) is 25.4. The zero-order chi connectivity index (χ0) is 93.2. The smallest absolute Gasteiger partial charge is 0.332 e. The van der Waals surface area contributed by atoms with Crippen LogP contribution in [-0.2, 0) is 96.2 Å². The molecule has 17 rings (SSSR count). The Hall–Kier alpha value is -10.6. The second-order valence-corrected chi connectivity index (χ2v) is 43.4. The van der Waals surface area contributed by atoms with Gasteiger partial charge in [0.05, 0.1) is 66.6 Å². The van der Waals surface area contributed by atoms with Gasteiger partial charge in [-0.25, -0.2) is 91.7 Å². The highest BCUT2D eigenvalue weighted by Gasteiger charge is 2.38. The fourth-order valence-corrected chi connectivity index (χ4v) is 21.6. The number of hydrogen-bond donors (Lipinski definition) is 8. The van der Waals surface area contributed by atoms with Gasteiger partial charge >= 0.3 is 24.1 Å². The second-order valence-electron chi connectivity index (χ2n) is 36.2. The predicted molar refractivity (Wildman–Crippen MR) is 508 cm³/mol. The van der Waals surface area contributed by atoms with E-state index in [2.05, 4.69) is 106 Å². The zero-order valence-electron chi connectivity index (χ0n) is 76.7. The lowest BCUT2D eigenvalue weighted by molar-refractivity contribution is 0.0237. The summed E-state index contributed by atoms with van der Waals surface area (Å²) >= 11 is 0. The van der Waals surface area contributed by atoms with Crippen LogP contribution in [-0.4, -0.2) is 215 Å². The molecule has 1 unspecified atom stereocenters. The van der Waals surface area contributed by atoms with E-state index in [9.17, 15) is 52.8 Å². The average Bonchev–Trinajstić information content (AvgIpc) is 1.76. The summed E-state index contributed by atoms with van der Waals surface area (Å²) in [5, 5.41) is 10.9. The van der Waals surface area contributed by atoms with Crippen molar-refractivity contribution in [3.05, 3.63) is 164 Å². The lowest BCUT2D eigenvalue weighted by atomic mass is 9.91. The van der Waals surface area contributed by atoms with Gasteiger partial charge in [-0.05, 0) is 304 Å². The molecule has 4 aromatic carbocycles. The molecule has 36 heteroatoms. The largest absolute Gasteiger partial charge is 0.477 e. The standard InChI is InChI=1S/C25H32N4O4S.2C24H32N4O4S.C22H27N3O5S/c1-16-14-17-4-3-5-21(17)24(27-25(30)28-34(31,32)20-6-7-20)23(16)18-8-11-26-22(15-18)33-19-9-12-29(2)13-10-19;1-15-14-17-6-5-7-20(17)22(26-24(29)27-33(4,30)31)21(15)19-8-11-25-23(16(19)2)32-18-9-12-28(3)13-10-18;1-16-12-18-7-4-8-20(18)23(26-24(29)27-33(3,30)31)22(16)19-9-10-25-21(13-19)32-15-17-6-5-11-28(2)14-17;1-14-12-15-4-3-5-18(15)21(24-22(26)25-31(2,27)28)20(14)16-6-9-23-19(13-16)30-17-7-10-29-11-8-17/h8,11,14-15,19-20H,3-7,9-10,12-13H2,1-2H3,(H2,27,28,30);8,11,14,18H,5-7,9-10,12-13H2,1-4H3,(H2,26,27,29);9-10,12-13,17H,4-8,11,14-15H2,1-3H3,(H2,26,27,29);6,9,12-13,17H,3-5,7-8,10-11H2,1-2H3,(H2,24,25,26). The van der Waals surface area contributed by atoms with Crippen molar-refractivity contribution in [2.45, 2.75) is 199 Å². The van der Waals surface area contributed by atoms with Gasteiger partial charge in [0.15, 0.2) is 0 Å². The number of carbonyl (C=O) groups excluding carboxylic acids is 4. The van der Waals surface area contributed by atoms with E-state index >= 15 is 0 Å². The van der Waals surface area contributed by atoms with Gasteiger partial charge in [0.1, 0.15) is 18.3 Å². The molecule has 8 amide bonds. The Bertz CT molecular complexity index is 6080. The van der Waals surface area contributed by atoms with Crippen molar-refractivity contribution >= 4 is 87.0 Å². The molecule has 0 bridgehead atoms. The number of aromatic nitrogens is 4. The number of ether oxygens (including phenoxy) is 5. The van der Waals surface area contributed by atoms with Crippen molar-refractivity contribution in [3.8, 4) is 68.0 Å². The molecule has 5 aliphatic carbocycles. The molecule has 4 saturated heterocycles. The van der Waals surface area contributed by atoms with Crippen LogP contribution in [0.3, 0.4) is 0 Å². The molecule has 8 N–H and O–H groups in total. The van der Waals surface area contributed by atoms with E-state index in [1.807, 2.05) is 91.2 Å². The van der Waals surface area contributed by atoms with Crippen LogP contribution in [0.1, 0.15) is 162 Å². The van der Waals surface area contributed by atoms with Crippen LogP contribution in [0.2, 0.25) is 0 Å². The highest BCUT2D eigenvalue weighted by molar-refractivity contribution is 7.91. The van der Waals surface area contributed by atoms with Crippen LogP contribution >= 0.6 is 0 Å². The van der Waals surface area contributed by atoms with Gasteiger partial charge in [-0.2, -0.15) is 0 Å². The Morgan fingerprint density at radius 3 is 1.15 bits per heavy atom. The van der Waals surface area contributed by atoms with Gasteiger partial charge in [-0.15, -0.1) is 0 Å². The molecule has 0 spiro atoms. The molecule has 1 saturated carbocycles. The number of piperidine rings is 3. The minimum Gasteiger partial charge on any atom is -0.477 e. The Balaban J connectivity index is 0.000000141. The van der Waals surface area contributed by atoms with E-state index in [1.54, 1.807) is 24.8 Å². The van der Waals surface area contributed by atoms with Gasteiger partial charge < -0.3 is 59.7 Å². The number of benzene rings is 4. The maximum Gasteiger partial charge on any atom is 0.332 e. The van der Waals surface area contributed by atoms with Crippen LogP contribution in [0.5, 0.6) is 23.5 Å². The summed E-state index contributed by atoms with van der Waals surface area (Å²) in [5.41, 5.74) is 23.7. The number of anilines is 4. The monoisotopic (exact) mass is 1870 g/mol. The maximum atomic E-state index is 12.8. The fraction of sp³-hybridized carbons (Fsp3) is 0.495. The second kappa shape index (κ2) is 42.1. The highest BCUT2D eigenvalue weighted by atomic mass is 32.2. The van der Waals surface area contributed by atoms with Gasteiger partial charge in [0.25, 0.3) is 0 Å². The Morgan fingerprint density at radius 2 is 0.756 bits per heavy atom. The van der Waals surface area contributed by atoms with Crippen LogP contribution in [0.25, 0.3) is 44.5 Å². The number of aryl methyl sites for hydroxylation is 8. The van der Waals surface area contributed by atoms with Gasteiger partial charge in [-0.3, -0.25) is 0 Å². The molecule has 32 nitrogen and oxygen atoms in total. The molecule has 8 aromatic rings. The summed E-state index contributed by atoms with van der Waals surface area (Å²) in [6.07, 6.45) is 30.2. The third-order valence-corrected chi connectivity index (χ3v) is 28.9. The minimum absolute atomic E-state index is 0.0655.